The number of Topliss-reactive ketones (excluding diaryl/α,β-unsaturated/α-hetero) is 1. The highest BCUT2D eigenvalue weighted by Gasteiger charge is 2.29. The second-order valence-electron chi connectivity index (χ2n) is 8.23. The normalized spacial score (nSPS) is 13.8. The minimum absolute atomic E-state index is 0.111. The molecule has 170 valence electrons. The Hall–Kier alpha value is -3.00. The van der Waals surface area contributed by atoms with Crippen LogP contribution in [0.25, 0.3) is 0 Å². The van der Waals surface area contributed by atoms with Gasteiger partial charge in [-0.3, -0.25) is 14.4 Å². The second-order valence-corrected chi connectivity index (χ2v) is 9.33. The summed E-state index contributed by atoms with van der Waals surface area (Å²) < 4.78 is 5.52. The highest BCUT2D eigenvalue weighted by atomic mass is 32.1. The smallest absolute Gasteiger partial charge is 0.342 e. The number of rotatable bonds is 7. The predicted molar refractivity (Wildman–Crippen MR) is 124 cm³/mol. The van der Waals surface area contributed by atoms with Gasteiger partial charge < -0.3 is 15.4 Å². The van der Waals surface area contributed by atoms with E-state index in [1.807, 2.05) is 0 Å². The van der Waals surface area contributed by atoms with Gasteiger partial charge in [0.1, 0.15) is 5.00 Å². The van der Waals surface area contributed by atoms with Crippen molar-refractivity contribution in [3.63, 3.8) is 0 Å². The van der Waals surface area contributed by atoms with Crippen LogP contribution >= 0.6 is 11.3 Å². The van der Waals surface area contributed by atoms with Gasteiger partial charge in [0.25, 0.3) is 0 Å². The van der Waals surface area contributed by atoms with Crippen molar-refractivity contribution < 1.29 is 23.9 Å². The molecule has 32 heavy (non-hydrogen) atoms. The number of ketones is 1. The fourth-order valence-electron chi connectivity index (χ4n) is 3.54. The van der Waals surface area contributed by atoms with E-state index in [9.17, 15) is 19.2 Å². The molecule has 1 heterocycles. The summed E-state index contributed by atoms with van der Waals surface area (Å²) >= 11 is 1.41. The number of nitrogens with one attached hydrogen (secondary N) is 2. The van der Waals surface area contributed by atoms with Crippen molar-refractivity contribution in [2.45, 2.75) is 59.5 Å². The van der Waals surface area contributed by atoms with Crippen LogP contribution in [-0.4, -0.2) is 29.7 Å². The van der Waals surface area contributed by atoms with E-state index in [-0.39, 0.29) is 23.5 Å². The summed E-state index contributed by atoms with van der Waals surface area (Å²) in [4.78, 5) is 50.3. The monoisotopic (exact) mass is 456 g/mol. The zero-order valence-electron chi connectivity index (χ0n) is 18.7. The summed E-state index contributed by atoms with van der Waals surface area (Å²) in [5.41, 5.74) is 2.25. The van der Waals surface area contributed by atoms with Crippen LogP contribution in [0.1, 0.15) is 71.7 Å². The maximum Gasteiger partial charge on any atom is 0.342 e. The first kappa shape index (κ1) is 23.7. The van der Waals surface area contributed by atoms with Crippen LogP contribution in [-0.2, 0) is 27.2 Å². The number of ether oxygens (including phenoxy) is 1. The summed E-state index contributed by atoms with van der Waals surface area (Å²) in [6.45, 7) is 6.52. The number of fused-ring (bicyclic) bond motifs is 1. The fraction of sp³-hybridized carbons (Fsp3) is 0.417. The first-order chi connectivity index (χ1) is 15.2. The molecule has 8 heteroatoms. The molecule has 0 radical (unpaired) electrons. The van der Waals surface area contributed by atoms with Gasteiger partial charge in [-0.2, -0.15) is 0 Å². The first-order valence-corrected chi connectivity index (χ1v) is 11.6. The molecule has 0 saturated heterocycles. The summed E-state index contributed by atoms with van der Waals surface area (Å²) in [5, 5.41) is 5.99. The largest absolute Gasteiger partial charge is 0.451 e. The third kappa shape index (κ3) is 5.43. The van der Waals surface area contributed by atoms with Gasteiger partial charge in [0, 0.05) is 29.0 Å². The topological polar surface area (TPSA) is 102 Å². The van der Waals surface area contributed by atoms with Gasteiger partial charge >= 0.3 is 5.97 Å². The Kier molecular flexibility index (Phi) is 7.45. The minimum atomic E-state index is -0.997. The molecule has 0 fully saturated rings. The molecule has 1 atom stereocenters. The Labute approximate surface area is 191 Å². The fourth-order valence-corrected chi connectivity index (χ4v) is 4.87. The predicted octanol–water partition coefficient (Wildman–Crippen LogP) is 4.61. The number of benzene rings is 1. The molecule has 0 saturated carbocycles. The maximum atomic E-state index is 13.0. The molecule has 0 bridgehead atoms. The van der Waals surface area contributed by atoms with Gasteiger partial charge in [-0.15, -0.1) is 11.3 Å². The lowest BCUT2D eigenvalue weighted by Gasteiger charge is -2.16. The number of hydrogen-bond donors (Lipinski definition) is 2. The van der Waals surface area contributed by atoms with Gasteiger partial charge in [0.05, 0.1) is 5.56 Å². The molecule has 1 aromatic carbocycles. The average Bonchev–Trinajstić information content (AvgIpc) is 3.10. The third-order valence-corrected chi connectivity index (χ3v) is 6.49. The summed E-state index contributed by atoms with van der Waals surface area (Å²) in [6.07, 6.45) is 2.64. The molecule has 2 aromatic rings. The van der Waals surface area contributed by atoms with Gasteiger partial charge in [0.15, 0.2) is 6.10 Å². The highest BCUT2D eigenvalue weighted by Crippen LogP contribution is 2.38. The Bertz CT molecular complexity index is 1040. The van der Waals surface area contributed by atoms with Gasteiger partial charge in [0.2, 0.25) is 17.6 Å². The minimum Gasteiger partial charge on any atom is -0.451 e. The van der Waals surface area contributed by atoms with Crippen molar-refractivity contribution in [1.82, 2.24) is 0 Å². The van der Waals surface area contributed by atoms with E-state index >= 15 is 0 Å². The molecule has 1 aliphatic rings. The summed E-state index contributed by atoms with van der Waals surface area (Å²) in [5.74, 6) is -1.46. The summed E-state index contributed by atoms with van der Waals surface area (Å²) in [6, 6.07) is 6.48. The summed E-state index contributed by atoms with van der Waals surface area (Å²) in [7, 11) is 0. The number of amides is 2. The number of aryl methyl sites for hydroxylation is 1. The standard InChI is InChI=1S/C24H28N2O5S/c1-13(2)22(29)26-17-11-9-16(10-12-17)21(28)14(3)31-24(30)20-18-7-5-6-8-19(18)32-23(20)25-15(4)27/h9-14H,5-8H2,1-4H3,(H,25,27)(H,26,29). The molecule has 1 aromatic heterocycles. The lowest BCUT2D eigenvalue weighted by Crippen LogP contribution is -2.25. The van der Waals surface area contributed by atoms with E-state index < -0.39 is 12.1 Å². The maximum absolute atomic E-state index is 13.0. The van der Waals surface area contributed by atoms with Crippen molar-refractivity contribution >= 4 is 45.6 Å². The quantitative estimate of drug-likeness (QED) is 0.468. The molecule has 1 unspecified atom stereocenters. The SMILES string of the molecule is CC(=O)Nc1sc2c(c1C(=O)OC(C)C(=O)c1ccc(NC(=O)C(C)C)cc1)CCCC2. The molecule has 2 amide bonds. The van der Waals surface area contributed by atoms with Gasteiger partial charge in [-0.25, -0.2) is 4.79 Å². The zero-order valence-corrected chi connectivity index (χ0v) is 19.6. The first-order valence-electron chi connectivity index (χ1n) is 10.8. The van der Waals surface area contributed by atoms with Crippen LogP contribution in [0.15, 0.2) is 24.3 Å². The van der Waals surface area contributed by atoms with Crippen LogP contribution in [0.4, 0.5) is 10.7 Å². The van der Waals surface area contributed by atoms with Crippen molar-refractivity contribution in [1.29, 1.82) is 0 Å². The molecule has 1 aliphatic carbocycles. The van der Waals surface area contributed by atoms with Crippen LogP contribution in [0.3, 0.4) is 0 Å². The van der Waals surface area contributed by atoms with E-state index in [4.69, 9.17) is 4.74 Å². The van der Waals surface area contributed by atoms with E-state index in [0.717, 1.165) is 36.1 Å². The van der Waals surface area contributed by atoms with Gasteiger partial charge in [-0.1, -0.05) is 13.8 Å². The van der Waals surface area contributed by atoms with Crippen molar-refractivity contribution in [3.8, 4) is 0 Å². The second kappa shape index (κ2) is 10.1. The number of esters is 1. The number of carbonyl (C=O) groups is 4. The van der Waals surface area contributed by atoms with Crippen LogP contribution in [0.5, 0.6) is 0 Å². The molecule has 7 nitrogen and oxygen atoms in total. The van der Waals surface area contributed by atoms with Crippen LogP contribution in [0, 0.1) is 5.92 Å². The third-order valence-electron chi connectivity index (χ3n) is 5.28. The Morgan fingerprint density at radius 3 is 2.25 bits per heavy atom. The number of anilines is 2. The number of hydrogen-bond acceptors (Lipinski definition) is 6. The van der Waals surface area contributed by atoms with E-state index in [0.29, 0.717) is 21.8 Å². The van der Waals surface area contributed by atoms with Crippen molar-refractivity contribution in [2.24, 2.45) is 5.92 Å². The van der Waals surface area contributed by atoms with E-state index in [1.165, 1.54) is 25.2 Å². The molecular weight excluding hydrogens is 428 g/mol. The van der Waals surface area contributed by atoms with Gasteiger partial charge in [-0.05, 0) is 62.4 Å². The lowest BCUT2D eigenvalue weighted by atomic mass is 9.95. The van der Waals surface area contributed by atoms with Crippen LogP contribution in [0.2, 0.25) is 0 Å². The Morgan fingerprint density at radius 1 is 0.969 bits per heavy atom. The van der Waals surface area contributed by atoms with E-state index in [2.05, 4.69) is 10.6 Å². The highest BCUT2D eigenvalue weighted by molar-refractivity contribution is 7.17. The molecule has 2 N–H and O–H groups in total. The lowest BCUT2D eigenvalue weighted by molar-refractivity contribution is -0.119. The number of carbonyl (C=O) groups excluding carboxylic acids is 4. The average molecular weight is 457 g/mol. The Balaban J connectivity index is 1.73. The van der Waals surface area contributed by atoms with Crippen LogP contribution < -0.4 is 10.6 Å². The molecular formula is C24H28N2O5S. The van der Waals surface area contributed by atoms with E-state index in [1.54, 1.807) is 38.1 Å². The number of thiophene rings is 1. The zero-order chi connectivity index (χ0) is 23.4. The Morgan fingerprint density at radius 2 is 1.62 bits per heavy atom. The van der Waals surface area contributed by atoms with Crippen molar-refractivity contribution in [2.75, 3.05) is 10.6 Å². The molecule has 3 rings (SSSR count). The molecule has 0 aliphatic heterocycles. The molecule has 0 spiro atoms. The van der Waals surface area contributed by atoms with Crippen molar-refractivity contribution in [3.05, 3.63) is 45.8 Å².